The van der Waals surface area contributed by atoms with Crippen LogP contribution in [0.3, 0.4) is 0 Å². The van der Waals surface area contributed by atoms with E-state index in [1.807, 2.05) is 29.2 Å². The Morgan fingerprint density at radius 3 is 2.80 bits per heavy atom. The number of hydrogen-bond donors (Lipinski definition) is 1. The predicted molar refractivity (Wildman–Crippen MR) is 100 cm³/mol. The molecule has 0 aliphatic carbocycles. The van der Waals surface area contributed by atoms with Crippen molar-refractivity contribution < 1.29 is 4.79 Å². The number of carbonyl (C=O) groups is 1. The molecule has 7 heteroatoms. The van der Waals surface area contributed by atoms with Crippen molar-refractivity contribution in [1.82, 2.24) is 14.9 Å². The highest BCUT2D eigenvalue weighted by molar-refractivity contribution is 7.98. The van der Waals surface area contributed by atoms with E-state index < -0.39 is 0 Å². The smallest absolute Gasteiger partial charge is 0.251 e. The fourth-order valence-electron chi connectivity index (χ4n) is 2.83. The topological polar surface area (TPSA) is 66.1 Å². The molecule has 25 heavy (non-hydrogen) atoms. The Hall–Kier alpha value is -1.79. The van der Waals surface area contributed by atoms with Crippen molar-refractivity contribution in [2.45, 2.75) is 36.6 Å². The first-order valence-corrected chi connectivity index (χ1v) is 9.72. The summed E-state index contributed by atoms with van der Waals surface area (Å²) in [6.45, 7) is 1.61. The van der Waals surface area contributed by atoms with E-state index in [0.717, 1.165) is 31.5 Å². The molecule has 0 unspecified atom stereocenters. The zero-order chi connectivity index (χ0) is 17.6. The van der Waals surface area contributed by atoms with Gasteiger partial charge in [-0.2, -0.15) is 0 Å². The van der Waals surface area contributed by atoms with E-state index in [4.69, 9.17) is 11.6 Å². The summed E-state index contributed by atoms with van der Waals surface area (Å²) in [6, 6.07) is 8.98. The molecular formula is C18H20ClN3O2S. The molecule has 1 aromatic heterocycles. The lowest BCUT2D eigenvalue weighted by Gasteiger charge is -2.26. The standard InChI is InChI=1S/C18H20ClN3O2S/c19-14-6-4-5-13(9-14)12-25-18-20-15(10-16(23)21-18)11-17(24)22-7-2-1-3-8-22/h4-6,9-10H,1-3,7-8,11-12H2,(H,20,21,23). The number of aromatic amines is 1. The van der Waals surface area contributed by atoms with E-state index in [2.05, 4.69) is 9.97 Å². The largest absolute Gasteiger partial charge is 0.342 e. The highest BCUT2D eigenvalue weighted by Crippen LogP contribution is 2.21. The van der Waals surface area contributed by atoms with Gasteiger partial charge in [0.15, 0.2) is 5.16 Å². The average molecular weight is 378 g/mol. The summed E-state index contributed by atoms with van der Waals surface area (Å²) in [7, 11) is 0. The maximum Gasteiger partial charge on any atom is 0.251 e. The van der Waals surface area contributed by atoms with Gasteiger partial charge >= 0.3 is 0 Å². The maximum atomic E-state index is 12.4. The van der Waals surface area contributed by atoms with E-state index >= 15 is 0 Å². The zero-order valence-electron chi connectivity index (χ0n) is 13.8. The highest BCUT2D eigenvalue weighted by Gasteiger charge is 2.17. The number of amides is 1. The molecule has 2 heterocycles. The van der Waals surface area contributed by atoms with Crippen molar-refractivity contribution in [3.8, 4) is 0 Å². The van der Waals surface area contributed by atoms with E-state index in [9.17, 15) is 9.59 Å². The normalized spacial score (nSPS) is 14.5. The number of nitrogens with zero attached hydrogens (tertiary/aromatic N) is 2. The van der Waals surface area contributed by atoms with Crippen LogP contribution in [0.1, 0.15) is 30.5 Å². The summed E-state index contributed by atoms with van der Waals surface area (Å²) in [5.41, 5.74) is 1.34. The molecule has 0 radical (unpaired) electrons. The highest BCUT2D eigenvalue weighted by atomic mass is 35.5. The van der Waals surface area contributed by atoms with Crippen LogP contribution in [0.4, 0.5) is 0 Å². The minimum absolute atomic E-state index is 0.0450. The first kappa shape index (κ1) is 18.0. The molecular weight excluding hydrogens is 358 g/mol. The molecule has 5 nitrogen and oxygen atoms in total. The number of H-pyrrole nitrogens is 1. The van der Waals surface area contributed by atoms with Gasteiger partial charge in [0, 0.05) is 29.9 Å². The molecule has 0 bridgehead atoms. The molecule has 0 atom stereocenters. The van der Waals surface area contributed by atoms with Crippen molar-refractivity contribution in [3.63, 3.8) is 0 Å². The molecule has 3 rings (SSSR count). The lowest BCUT2D eigenvalue weighted by Crippen LogP contribution is -2.37. The molecule has 2 aromatic rings. The molecule has 1 fully saturated rings. The second-order valence-electron chi connectivity index (χ2n) is 6.08. The Bertz CT molecular complexity index is 803. The van der Waals surface area contributed by atoms with E-state index in [1.165, 1.54) is 24.2 Å². The Morgan fingerprint density at radius 1 is 1.24 bits per heavy atom. The number of hydrogen-bond acceptors (Lipinski definition) is 4. The number of benzene rings is 1. The lowest BCUT2D eigenvalue weighted by atomic mass is 10.1. The summed E-state index contributed by atoms with van der Waals surface area (Å²) in [4.78, 5) is 33.3. The molecule has 1 N–H and O–H groups in total. The van der Waals surface area contributed by atoms with Gasteiger partial charge < -0.3 is 9.88 Å². The average Bonchev–Trinajstić information content (AvgIpc) is 2.60. The number of piperidine rings is 1. The van der Waals surface area contributed by atoms with Gasteiger partial charge in [0.05, 0.1) is 12.1 Å². The van der Waals surface area contributed by atoms with E-state index in [-0.39, 0.29) is 17.9 Å². The van der Waals surface area contributed by atoms with Crippen molar-refractivity contribution >= 4 is 29.3 Å². The van der Waals surface area contributed by atoms with Gasteiger partial charge in [0.2, 0.25) is 5.91 Å². The second kappa shape index (κ2) is 8.54. The van der Waals surface area contributed by atoms with Crippen molar-refractivity contribution in [3.05, 3.63) is 57.0 Å². The minimum atomic E-state index is -0.231. The van der Waals surface area contributed by atoms with Crippen LogP contribution < -0.4 is 5.56 Å². The quantitative estimate of drug-likeness (QED) is 0.641. The summed E-state index contributed by atoms with van der Waals surface area (Å²) < 4.78 is 0. The maximum absolute atomic E-state index is 12.4. The number of rotatable bonds is 5. The van der Waals surface area contributed by atoms with Gasteiger partial charge in [0.25, 0.3) is 5.56 Å². The second-order valence-corrected chi connectivity index (χ2v) is 7.48. The number of likely N-dealkylation sites (tertiary alicyclic amines) is 1. The summed E-state index contributed by atoms with van der Waals surface area (Å²) in [5, 5.41) is 1.20. The fourth-order valence-corrected chi connectivity index (χ4v) is 3.88. The zero-order valence-corrected chi connectivity index (χ0v) is 15.4. The van der Waals surface area contributed by atoms with Crippen LogP contribution in [-0.2, 0) is 17.0 Å². The van der Waals surface area contributed by atoms with Crippen LogP contribution in [0.2, 0.25) is 5.02 Å². The molecule has 0 saturated carbocycles. The number of thioether (sulfide) groups is 1. The van der Waals surface area contributed by atoms with E-state index in [0.29, 0.717) is 21.6 Å². The van der Waals surface area contributed by atoms with Crippen LogP contribution in [0.15, 0.2) is 40.3 Å². The molecule has 132 valence electrons. The van der Waals surface area contributed by atoms with Crippen LogP contribution in [-0.4, -0.2) is 33.9 Å². The summed E-state index contributed by atoms with van der Waals surface area (Å²) >= 11 is 7.41. The predicted octanol–water partition coefficient (Wildman–Crippen LogP) is 3.27. The Kier molecular flexibility index (Phi) is 6.15. The fraction of sp³-hybridized carbons (Fsp3) is 0.389. The number of nitrogens with one attached hydrogen (secondary N) is 1. The lowest BCUT2D eigenvalue weighted by molar-refractivity contribution is -0.131. The van der Waals surface area contributed by atoms with E-state index in [1.54, 1.807) is 0 Å². The molecule has 1 aliphatic heterocycles. The summed E-state index contributed by atoms with van der Waals surface area (Å²) in [6.07, 6.45) is 3.45. The molecule has 1 saturated heterocycles. The Morgan fingerprint density at radius 2 is 2.04 bits per heavy atom. The molecule has 1 aliphatic rings. The van der Waals surface area contributed by atoms with Crippen LogP contribution >= 0.6 is 23.4 Å². The summed E-state index contributed by atoms with van der Waals surface area (Å²) in [5.74, 6) is 0.691. The monoisotopic (exact) mass is 377 g/mol. The van der Waals surface area contributed by atoms with Gasteiger partial charge in [-0.25, -0.2) is 4.98 Å². The van der Waals surface area contributed by atoms with Gasteiger partial charge in [-0.05, 0) is 37.0 Å². The number of carbonyl (C=O) groups excluding carboxylic acids is 1. The van der Waals surface area contributed by atoms with Gasteiger partial charge in [-0.3, -0.25) is 9.59 Å². The molecule has 1 aromatic carbocycles. The van der Waals surface area contributed by atoms with Crippen molar-refractivity contribution in [1.29, 1.82) is 0 Å². The van der Waals surface area contributed by atoms with Gasteiger partial charge in [-0.15, -0.1) is 0 Å². The van der Waals surface area contributed by atoms with Crippen LogP contribution in [0.25, 0.3) is 0 Å². The van der Waals surface area contributed by atoms with Crippen LogP contribution in [0, 0.1) is 0 Å². The third-order valence-electron chi connectivity index (χ3n) is 4.08. The third-order valence-corrected chi connectivity index (χ3v) is 5.26. The molecule has 0 spiro atoms. The van der Waals surface area contributed by atoms with Crippen molar-refractivity contribution in [2.24, 2.45) is 0 Å². The van der Waals surface area contributed by atoms with Gasteiger partial charge in [0.1, 0.15) is 0 Å². The van der Waals surface area contributed by atoms with Gasteiger partial charge in [-0.1, -0.05) is 35.5 Å². The SMILES string of the molecule is O=C(Cc1cc(=O)[nH]c(SCc2cccc(Cl)c2)n1)N1CCCCC1. The Labute approximate surface area is 155 Å². The van der Waals surface area contributed by atoms with Crippen molar-refractivity contribution in [2.75, 3.05) is 13.1 Å². The Balaban J connectivity index is 1.65. The third kappa shape index (κ3) is 5.34. The minimum Gasteiger partial charge on any atom is -0.342 e. The first-order valence-electron chi connectivity index (χ1n) is 8.35. The molecule has 1 amide bonds. The van der Waals surface area contributed by atoms with Crippen LogP contribution in [0.5, 0.6) is 0 Å². The number of aromatic nitrogens is 2. The number of halogens is 1. The first-order chi connectivity index (χ1) is 12.1.